The number of rotatable bonds is 6. The molecular weight excluding hydrogens is 475 g/mol. The Labute approximate surface area is 204 Å². The van der Waals surface area contributed by atoms with Crippen LogP contribution in [0, 0.1) is 24.1 Å². The second-order valence-electron chi connectivity index (χ2n) is 8.35. The Kier molecular flexibility index (Phi) is 6.34. The lowest BCUT2D eigenvalue weighted by Gasteiger charge is -2.23. The van der Waals surface area contributed by atoms with Crippen molar-refractivity contribution in [1.82, 2.24) is 34.9 Å². The van der Waals surface area contributed by atoms with Crippen molar-refractivity contribution in [2.24, 2.45) is 0 Å². The van der Waals surface area contributed by atoms with Crippen molar-refractivity contribution < 1.29 is 14.2 Å². The molecule has 0 bridgehead atoms. The van der Waals surface area contributed by atoms with Crippen molar-refractivity contribution in [2.45, 2.75) is 31.9 Å². The molecule has 1 atom stereocenters. The smallest absolute Gasteiger partial charge is 0.147 e. The summed E-state index contributed by atoms with van der Waals surface area (Å²) >= 11 is 6.02. The highest BCUT2D eigenvalue weighted by molar-refractivity contribution is 6.31. The van der Waals surface area contributed by atoms with E-state index in [4.69, 9.17) is 16.3 Å². The van der Waals surface area contributed by atoms with Crippen LogP contribution in [0.15, 0.2) is 30.7 Å². The number of piperidine rings is 1. The SMILES string of the molecule is Cc1c(-c2cc(OCC(O)c3ncc(F)cc3Cl)c3c(C#N)cnn3c2)nnn1C1CCNCC1. The van der Waals surface area contributed by atoms with Crippen LogP contribution in [0.1, 0.15) is 41.9 Å². The Morgan fingerprint density at radius 3 is 2.89 bits per heavy atom. The van der Waals surface area contributed by atoms with Crippen molar-refractivity contribution in [3.63, 3.8) is 0 Å². The minimum atomic E-state index is -1.22. The summed E-state index contributed by atoms with van der Waals surface area (Å²) in [7, 11) is 0. The van der Waals surface area contributed by atoms with Crippen LogP contribution in [0.4, 0.5) is 4.39 Å². The Hall–Kier alpha value is -3.59. The van der Waals surface area contributed by atoms with Gasteiger partial charge >= 0.3 is 0 Å². The van der Waals surface area contributed by atoms with E-state index >= 15 is 0 Å². The number of aliphatic hydroxyl groups is 1. The quantitative estimate of drug-likeness (QED) is 0.417. The number of aliphatic hydroxyl groups excluding tert-OH is 1. The van der Waals surface area contributed by atoms with Crippen molar-refractivity contribution in [2.75, 3.05) is 19.7 Å². The summed E-state index contributed by atoms with van der Waals surface area (Å²) in [6.45, 7) is 3.61. The maximum absolute atomic E-state index is 13.3. The molecule has 0 aliphatic carbocycles. The van der Waals surface area contributed by atoms with Crippen LogP contribution in [0.3, 0.4) is 0 Å². The van der Waals surface area contributed by atoms with E-state index in [0.29, 0.717) is 28.1 Å². The summed E-state index contributed by atoms with van der Waals surface area (Å²) in [6, 6.07) is 5.20. The normalized spacial score (nSPS) is 15.3. The fraction of sp³-hybridized carbons (Fsp3) is 0.348. The van der Waals surface area contributed by atoms with E-state index in [1.165, 1.54) is 6.20 Å². The lowest BCUT2D eigenvalue weighted by Crippen LogP contribution is -2.30. The minimum Gasteiger partial charge on any atom is -0.488 e. The van der Waals surface area contributed by atoms with Gasteiger partial charge in [-0.2, -0.15) is 10.4 Å². The molecule has 12 heteroatoms. The van der Waals surface area contributed by atoms with Crippen molar-refractivity contribution in [1.29, 1.82) is 5.26 Å². The average molecular weight is 497 g/mol. The predicted octanol–water partition coefficient (Wildman–Crippen LogP) is 3.00. The molecule has 1 fully saturated rings. The number of aromatic nitrogens is 6. The van der Waals surface area contributed by atoms with Crippen LogP contribution in [0.2, 0.25) is 5.02 Å². The second kappa shape index (κ2) is 9.58. The van der Waals surface area contributed by atoms with E-state index in [9.17, 15) is 14.8 Å². The summed E-state index contributed by atoms with van der Waals surface area (Å²) in [6.07, 6.45) is 4.91. The van der Waals surface area contributed by atoms with Gasteiger partial charge in [0.15, 0.2) is 0 Å². The van der Waals surface area contributed by atoms with Gasteiger partial charge in [-0.05, 0) is 45.0 Å². The summed E-state index contributed by atoms with van der Waals surface area (Å²) < 4.78 is 22.8. The molecule has 0 spiro atoms. The molecule has 1 unspecified atom stereocenters. The molecule has 1 saturated heterocycles. The lowest BCUT2D eigenvalue weighted by atomic mass is 10.1. The largest absolute Gasteiger partial charge is 0.488 e. The van der Waals surface area contributed by atoms with Crippen LogP contribution in [0.25, 0.3) is 16.8 Å². The van der Waals surface area contributed by atoms with Crippen LogP contribution in [0.5, 0.6) is 5.75 Å². The molecule has 5 rings (SSSR count). The number of fused-ring (bicyclic) bond motifs is 1. The molecule has 2 N–H and O–H groups in total. The average Bonchev–Trinajstić information content (AvgIpc) is 3.46. The van der Waals surface area contributed by atoms with E-state index in [-0.39, 0.29) is 23.4 Å². The Morgan fingerprint density at radius 2 is 2.14 bits per heavy atom. The fourth-order valence-electron chi connectivity index (χ4n) is 4.33. The number of nitrogens with one attached hydrogen (secondary N) is 1. The Morgan fingerprint density at radius 1 is 1.34 bits per heavy atom. The van der Waals surface area contributed by atoms with Gasteiger partial charge in [0.1, 0.15) is 47.1 Å². The van der Waals surface area contributed by atoms with Crippen molar-refractivity contribution in [3.05, 3.63) is 58.5 Å². The zero-order valence-electron chi connectivity index (χ0n) is 18.8. The van der Waals surface area contributed by atoms with Crippen LogP contribution in [-0.2, 0) is 0 Å². The number of pyridine rings is 2. The molecule has 10 nitrogen and oxygen atoms in total. The molecule has 5 heterocycles. The highest BCUT2D eigenvalue weighted by atomic mass is 35.5. The maximum atomic E-state index is 13.3. The van der Waals surface area contributed by atoms with Gasteiger partial charge < -0.3 is 15.2 Å². The summed E-state index contributed by atoms with van der Waals surface area (Å²) in [5.74, 6) is -0.281. The third-order valence-electron chi connectivity index (χ3n) is 6.10. The highest BCUT2D eigenvalue weighted by Crippen LogP contribution is 2.33. The molecule has 0 amide bonds. The molecule has 0 radical (unpaired) electrons. The molecular formula is C23H22ClFN8O2. The van der Waals surface area contributed by atoms with Crippen molar-refractivity contribution in [3.8, 4) is 23.1 Å². The summed E-state index contributed by atoms with van der Waals surface area (Å²) in [5.41, 5.74) is 3.14. The van der Waals surface area contributed by atoms with E-state index < -0.39 is 11.9 Å². The van der Waals surface area contributed by atoms with Gasteiger partial charge in [0.25, 0.3) is 0 Å². The number of ether oxygens (including phenoxy) is 1. The second-order valence-corrected chi connectivity index (χ2v) is 8.76. The fourth-order valence-corrected chi connectivity index (χ4v) is 4.61. The standard InChI is InChI=1S/C23H22ClFN8O2/c1-13-21(30-31-33(13)17-2-4-27-5-3-17)14-6-20(23-15(8-26)9-29-32(23)11-14)35-12-19(34)22-18(24)7-16(25)10-28-22/h6-7,9-11,17,19,27,34H,2-5,12H2,1H3. The first-order valence-electron chi connectivity index (χ1n) is 11.1. The molecule has 4 aromatic heterocycles. The van der Waals surface area contributed by atoms with Gasteiger partial charge in [0.2, 0.25) is 0 Å². The highest BCUT2D eigenvalue weighted by Gasteiger charge is 2.23. The first-order chi connectivity index (χ1) is 17.0. The zero-order valence-corrected chi connectivity index (χ0v) is 19.6. The van der Waals surface area contributed by atoms with Crippen LogP contribution in [-0.4, -0.2) is 54.4 Å². The van der Waals surface area contributed by atoms with Crippen LogP contribution < -0.4 is 10.1 Å². The summed E-state index contributed by atoms with van der Waals surface area (Å²) in [5, 5.41) is 36.6. The third-order valence-corrected chi connectivity index (χ3v) is 6.40. The molecule has 4 aromatic rings. The van der Waals surface area contributed by atoms with Gasteiger partial charge in [-0.1, -0.05) is 16.8 Å². The molecule has 1 aliphatic rings. The van der Waals surface area contributed by atoms with E-state index in [2.05, 4.69) is 31.8 Å². The topological polar surface area (TPSA) is 126 Å². The number of hydrogen-bond donors (Lipinski definition) is 2. The molecule has 1 aliphatic heterocycles. The van der Waals surface area contributed by atoms with E-state index in [1.807, 2.05) is 11.6 Å². The Bertz CT molecular complexity index is 1420. The Balaban J connectivity index is 1.49. The van der Waals surface area contributed by atoms with Gasteiger partial charge in [-0.25, -0.2) is 13.6 Å². The minimum absolute atomic E-state index is 0.00721. The zero-order chi connectivity index (χ0) is 24.5. The van der Waals surface area contributed by atoms with E-state index in [1.54, 1.807) is 16.8 Å². The predicted molar refractivity (Wildman–Crippen MR) is 124 cm³/mol. The van der Waals surface area contributed by atoms with Gasteiger partial charge in [-0.15, -0.1) is 5.10 Å². The molecule has 35 heavy (non-hydrogen) atoms. The molecule has 0 saturated carbocycles. The number of nitrogens with zero attached hydrogens (tertiary/aromatic N) is 7. The molecule has 180 valence electrons. The third kappa shape index (κ3) is 4.43. The van der Waals surface area contributed by atoms with Crippen molar-refractivity contribution >= 4 is 17.1 Å². The maximum Gasteiger partial charge on any atom is 0.147 e. The lowest BCUT2D eigenvalue weighted by molar-refractivity contribution is 0.105. The number of halogens is 2. The molecule has 0 aromatic carbocycles. The number of nitriles is 1. The summed E-state index contributed by atoms with van der Waals surface area (Å²) in [4.78, 5) is 3.87. The van der Waals surface area contributed by atoms with Gasteiger partial charge in [0, 0.05) is 11.8 Å². The van der Waals surface area contributed by atoms with Gasteiger partial charge in [0.05, 0.1) is 34.8 Å². The monoisotopic (exact) mass is 496 g/mol. The van der Waals surface area contributed by atoms with Crippen LogP contribution >= 0.6 is 11.6 Å². The number of hydrogen-bond acceptors (Lipinski definition) is 8. The van der Waals surface area contributed by atoms with Gasteiger partial charge in [-0.3, -0.25) is 4.98 Å². The first kappa shape index (κ1) is 23.2. The van der Waals surface area contributed by atoms with E-state index in [0.717, 1.165) is 43.9 Å². The first-order valence-corrected chi connectivity index (χ1v) is 11.5.